The van der Waals surface area contributed by atoms with Crippen LogP contribution in [0.5, 0.6) is 0 Å². The summed E-state index contributed by atoms with van der Waals surface area (Å²) in [6.07, 6.45) is 2.47. The van der Waals surface area contributed by atoms with E-state index in [2.05, 4.69) is 5.32 Å². The summed E-state index contributed by atoms with van der Waals surface area (Å²) in [5, 5.41) is 2.83. The molecule has 0 radical (unpaired) electrons. The number of rotatable bonds is 7. The van der Waals surface area contributed by atoms with Gasteiger partial charge in [-0.3, -0.25) is 9.59 Å². The highest BCUT2D eigenvalue weighted by molar-refractivity contribution is 7.88. The molecule has 1 N–H and O–H groups in total. The molecule has 2 aromatic rings. The lowest BCUT2D eigenvalue weighted by Gasteiger charge is -2.25. The van der Waals surface area contributed by atoms with Crippen LogP contribution in [-0.4, -0.2) is 44.4 Å². The average Bonchev–Trinajstić information content (AvgIpc) is 3.13. The van der Waals surface area contributed by atoms with E-state index in [-0.39, 0.29) is 12.5 Å². The minimum Gasteiger partial charge on any atom is -0.350 e. The third-order valence-corrected chi connectivity index (χ3v) is 6.27. The predicted octanol–water partition coefficient (Wildman–Crippen LogP) is 2.06. The molecule has 3 rings (SSSR count). The minimum absolute atomic E-state index is 0.102. The van der Waals surface area contributed by atoms with Crippen LogP contribution in [0.25, 0.3) is 0 Å². The largest absolute Gasteiger partial charge is 0.350 e. The van der Waals surface area contributed by atoms with Crippen molar-refractivity contribution in [3.8, 4) is 0 Å². The molecule has 1 saturated heterocycles. The Labute approximate surface area is 171 Å². The van der Waals surface area contributed by atoms with Gasteiger partial charge in [0.2, 0.25) is 21.8 Å². The number of hydrogen-bond donors (Lipinski definition) is 1. The Bertz CT molecular complexity index is 992. The van der Waals surface area contributed by atoms with Crippen molar-refractivity contribution in [1.29, 1.82) is 0 Å². The SMILES string of the molecule is CN([C@@H](C(=O)NCc1cccc(N2CCCC2=O)c1)c1ccccc1)S(C)(=O)=O. The van der Waals surface area contributed by atoms with Crippen LogP contribution >= 0.6 is 0 Å². The van der Waals surface area contributed by atoms with E-state index in [1.54, 1.807) is 29.2 Å². The van der Waals surface area contributed by atoms with Gasteiger partial charge >= 0.3 is 0 Å². The maximum Gasteiger partial charge on any atom is 0.243 e. The van der Waals surface area contributed by atoms with Crippen molar-refractivity contribution in [2.75, 3.05) is 24.7 Å². The van der Waals surface area contributed by atoms with Gasteiger partial charge in [0.05, 0.1) is 6.26 Å². The number of nitrogens with zero attached hydrogens (tertiary/aromatic N) is 2. The van der Waals surface area contributed by atoms with Gasteiger partial charge in [-0.05, 0) is 29.7 Å². The molecule has 0 aromatic heterocycles. The molecule has 0 bridgehead atoms. The van der Waals surface area contributed by atoms with Crippen LogP contribution < -0.4 is 10.2 Å². The van der Waals surface area contributed by atoms with Crippen LogP contribution in [0.15, 0.2) is 54.6 Å². The van der Waals surface area contributed by atoms with Gasteiger partial charge in [-0.15, -0.1) is 0 Å². The summed E-state index contributed by atoms with van der Waals surface area (Å²) in [4.78, 5) is 26.6. The van der Waals surface area contributed by atoms with Gasteiger partial charge in [-0.25, -0.2) is 8.42 Å². The Balaban J connectivity index is 1.76. The molecule has 0 unspecified atom stereocenters. The van der Waals surface area contributed by atoms with E-state index in [1.807, 2.05) is 30.3 Å². The van der Waals surface area contributed by atoms with Crippen LogP contribution in [0.3, 0.4) is 0 Å². The molecule has 1 aliphatic rings. The smallest absolute Gasteiger partial charge is 0.243 e. The zero-order valence-electron chi connectivity index (χ0n) is 16.5. The molecule has 7 nitrogen and oxygen atoms in total. The van der Waals surface area contributed by atoms with E-state index in [4.69, 9.17) is 0 Å². The Morgan fingerprint density at radius 1 is 1.17 bits per heavy atom. The summed E-state index contributed by atoms with van der Waals surface area (Å²) < 4.78 is 25.2. The van der Waals surface area contributed by atoms with Crippen LogP contribution in [-0.2, 0) is 26.2 Å². The average molecular weight is 416 g/mol. The minimum atomic E-state index is -3.57. The summed E-state index contributed by atoms with van der Waals surface area (Å²) in [7, 11) is -2.18. The molecule has 2 amide bonds. The van der Waals surface area contributed by atoms with Crippen LogP contribution in [0, 0.1) is 0 Å². The van der Waals surface area contributed by atoms with Gasteiger partial charge < -0.3 is 10.2 Å². The van der Waals surface area contributed by atoms with Crippen LogP contribution in [0.4, 0.5) is 5.69 Å². The van der Waals surface area contributed by atoms with Crippen molar-refractivity contribution in [2.24, 2.45) is 0 Å². The van der Waals surface area contributed by atoms with E-state index >= 15 is 0 Å². The lowest BCUT2D eigenvalue weighted by atomic mass is 10.1. The summed E-state index contributed by atoms with van der Waals surface area (Å²) in [6, 6.07) is 15.3. The number of likely N-dealkylation sites (N-methyl/N-ethyl adjacent to an activating group) is 1. The second kappa shape index (κ2) is 8.75. The third kappa shape index (κ3) is 5.02. The summed E-state index contributed by atoms with van der Waals surface area (Å²) in [5.74, 6) is -0.308. The third-order valence-electron chi connectivity index (χ3n) is 5.01. The lowest BCUT2D eigenvalue weighted by Crippen LogP contribution is -2.41. The molecule has 8 heteroatoms. The van der Waals surface area contributed by atoms with Gasteiger partial charge in [-0.1, -0.05) is 42.5 Å². The molecule has 1 atom stereocenters. The topological polar surface area (TPSA) is 86.8 Å². The van der Waals surface area contributed by atoms with Crippen molar-refractivity contribution in [1.82, 2.24) is 9.62 Å². The Morgan fingerprint density at radius 3 is 2.52 bits per heavy atom. The maximum atomic E-state index is 12.9. The van der Waals surface area contributed by atoms with Gasteiger partial charge in [0.1, 0.15) is 6.04 Å². The first kappa shape index (κ1) is 21.0. The predicted molar refractivity (Wildman–Crippen MR) is 112 cm³/mol. The van der Waals surface area contributed by atoms with E-state index in [0.29, 0.717) is 18.5 Å². The van der Waals surface area contributed by atoms with Gasteiger partial charge in [0, 0.05) is 32.2 Å². The number of hydrogen-bond acceptors (Lipinski definition) is 4. The van der Waals surface area contributed by atoms with Gasteiger partial charge in [0.25, 0.3) is 0 Å². The second-order valence-corrected chi connectivity index (χ2v) is 9.17. The number of benzene rings is 2. The van der Waals surface area contributed by atoms with Crippen molar-refractivity contribution >= 4 is 27.5 Å². The molecule has 1 fully saturated rings. The Morgan fingerprint density at radius 2 is 1.90 bits per heavy atom. The molecule has 1 heterocycles. The fourth-order valence-corrected chi connectivity index (χ4v) is 3.99. The van der Waals surface area contributed by atoms with Crippen molar-refractivity contribution < 1.29 is 18.0 Å². The molecular weight excluding hydrogens is 390 g/mol. The maximum absolute atomic E-state index is 12.9. The first-order chi connectivity index (χ1) is 13.8. The monoisotopic (exact) mass is 415 g/mol. The van der Waals surface area contributed by atoms with Crippen LogP contribution in [0.1, 0.15) is 30.0 Å². The number of carbonyl (C=O) groups excluding carboxylic acids is 2. The summed E-state index contributed by atoms with van der Waals surface area (Å²) in [5.41, 5.74) is 2.24. The molecule has 0 aliphatic carbocycles. The number of amides is 2. The summed E-state index contributed by atoms with van der Waals surface area (Å²) in [6.45, 7) is 0.930. The van der Waals surface area contributed by atoms with Gasteiger partial charge in [-0.2, -0.15) is 4.31 Å². The zero-order valence-corrected chi connectivity index (χ0v) is 17.4. The highest BCUT2D eigenvalue weighted by Crippen LogP contribution is 2.24. The molecule has 0 saturated carbocycles. The number of nitrogens with one attached hydrogen (secondary N) is 1. The molecule has 29 heavy (non-hydrogen) atoms. The Kier molecular flexibility index (Phi) is 6.34. The summed E-state index contributed by atoms with van der Waals surface area (Å²) >= 11 is 0. The fraction of sp³-hybridized carbons (Fsp3) is 0.333. The zero-order chi connectivity index (χ0) is 21.0. The lowest BCUT2D eigenvalue weighted by molar-refractivity contribution is -0.125. The normalized spacial score (nSPS) is 15.6. The number of sulfonamides is 1. The number of anilines is 1. The molecular formula is C21H25N3O4S. The van der Waals surface area contributed by atoms with E-state index in [0.717, 1.165) is 28.2 Å². The quantitative estimate of drug-likeness (QED) is 0.750. The molecule has 2 aromatic carbocycles. The van der Waals surface area contributed by atoms with Crippen molar-refractivity contribution in [3.63, 3.8) is 0 Å². The van der Waals surface area contributed by atoms with Crippen LogP contribution in [0.2, 0.25) is 0 Å². The number of carbonyl (C=O) groups is 2. The van der Waals surface area contributed by atoms with Gasteiger partial charge in [0.15, 0.2) is 0 Å². The standard InChI is InChI=1S/C21H25N3O4S/c1-23(29(2,27)28)20(17-9-4-3-5-10-17)21(26)22-15-16-8-6-11-18(14-16)24-13-7-12-19(24)25/h3-6,8-11,14,20H,7,12-13,15H2,1-2H3,(H,22,26)/t20-/m1/s1. The highest BCUT2D eigenvalue weighted by atomic mass is 32.2. The molecule has 1 aliphatic heterocycles. The van der Waals surface area contributed by atoms with E-state index in [9.17, 15) is 18.0 Å². The Hall–Kier alpha value is -2.71. The second-order valence-electron chi connectivity index (χ2n) is 7.13. The molecule has 154 valence electrons. The first-order valence-corrected chi connectivity index (χ1v) is 11.3. The molecule has 0 spiro atoms. The van der Waals surface area contributed by atoms with E-state index in [1.165, 1.54) is 7.05 Å². The first-order valence-electron chi connectivity index (χ1n) is 9.42. The van der Waals surface area contributed by atoms with Crippen molar-refractivity contribution in [2.45, 2.75) is 25.4 Å². The fourth-order valence-electron chi connectivity index (χ4n) is 3.39. The van der Waals surface area contributed by atoms with E-state index < -0.39 is 22.0 Å². The van der Waals surface area contributed by atoms with Crippen molar-refractivity contribution in [3.05, 3.63) is 65.7 Å². The highest BCUT2D eigenvalue weighted by Gasteiger charge is 2.30.